The summed E-state index contributed by atoms with van der Waals surface area (Å²) in [4.78, 5) is 0. The van der Waals surface area contributed by atoms with Crippen LogP contribution in [0.4, 0.5) is 13.2 Å². The number of rotatable bonds is 4. The normalized spacial score (nSPS) is 20.7. The molecule has 0 amide bonds. The Morgan fingerprint density at radius 1 is 0.800 bits per heavy atom. The van der Waals surface area contributed by atoms with Crippen molar-refractivity contribution in [2.75, 3.05) is 0 Å². The van der Waals surface area contributed by atoms with E-state index in [0.717, 1.165) is 21.2 Å². The summed E-state index contributed by atoms with van der Waals surface area (Å²) in [6, 6.07) is 0. The van der Waals surface area contributed by atoms with Crippen molar-refractivity contribution in [2.45, 2.75) is 56.9 Å². The van der Waals surface area contributed by atoms with Crippen LogP contribution in [0.15, 0.2) is 44.8 Å². The van der Waals surface area contributed by atoms with Gasteiger partial charge in [0.25, 0.3) is 0 Å². The van der Waals surface area contributed by atoms with Crippen LogP contribution in [0.2, 0.25) is 0 Å². The zero-order chi connectivity index (χ0) is 18.3. The van der Waals surface area contributed by atoms with Gasteiger partial charge in [0.05, 0.1) is 0 Å². The van der Waals surface area contributed by atoms with Crippen molar-refractivity contribution < 1.29 is 40.9 Å². The van der Waals surface area contributed by atoms with Crippen LogP contribution in [0.3, 0.4) is 0 Å². The number of halogens is 3. The first-order valence-electron chi connectivity index (χ1n) is 8.14. The van der Waals surface area contributed by atoms with Crippen LogP contribution in [0.25, 0.3) is 0 Å². The molecule has 0 heterocycles. The molecule has 0 radical (unpaired) electrons. The average Bonchev–Trinajstić information content (AvgIpc) is 2.43. The van der Waals surface area contributed by atoms with E-state index < -0.39 is 31.9 Å². The molecule has 2 aliphatic rings. The Morgan fingerprint density at radius 2 is 1.24 bits per heavy atom. The van der Waals surface area contributed by atoms with Crippen molar-refractivity contribution in [1.29, 1.82) is 0 Å². The molecule has 0 aliphatic heterocycles. The van der Waals surface area contributed by atoms with Gasteiger partial charge >= 0.3 is 153 Å². The second-order valence-corrected chi connectivity index (χ2v) is 11.1. The van der Waals surface area contributed by atoms with E-state index in [1.165, 1.54) is 0 Å². The Bertz CT molecular complexity index is 640. The van der Waals surface area contributed by atoms with Crippen LogP contribution < -0.4 is 0 Å². The van der Waals surface area contributed by atoms with Crippen molar-refractivity contribution in [3.63, 3.8) is 0 Å². The van der Waals surface area contributed by atoms with E-state index in [1.807, 2.05) is 36.5 Å². The third-order valence-corrected chi connectivity index (χ3v) is 9.71. The summed E-state index contributed by atoms with van der Waals surface area (Å²) in [5.41, 5.74) is -5.39. The number of alkyl halides is 3. The molecular weight excluding hydrogens is 444 g/mol. The third kappa shape index (κ3) is 6.19. The van der Waals surface area contributed by atoms with Crippen molar-refractivity contribution in [3.8, 4) is 0 Å². The molecule has 0 saturated heterocycles. The maximum atomic E-state index is 12.9. The summed E-state index contributed by atoms with van der Waals surface area (Å²) in [6.07, 6.45) is 17.3. The topological polar surface area (TPSA) is 43.4 Å². The van der Waals surface area contributed by atoms with E-state index in [0.29, 0.717) is 38.5 Å². The Kier molecular flexibility index (Phi) is 7.65. The standard InChI is InChI=1S/2C8H11.CHF3O3S.Rh/c2*1-2-4-6-8-7-5-3-1;2-1(3,4)8(5,6)7;/h2*1-2,7H,3-6H2;(H,5,6,7);/q;;;+1/p-1. The van der Waals surface area contributed by atoms with E-state index in [4.69, 9.17) is 3.01 Å². The van der Waals surface area contributed by atoms with Crippen molar-refractivity contribution in [2.24, 2.45) is 0 Å². The van der Waals surface area contributed by atoms with Gasteiger partial charge in [-0.2, -0.15) is 0 Å². The fourth-order valence-electron chi connectivity index (χ4n) is 2.35. The minimum atomic E-state index is -5.60. The van der Waals surface area contributed by atoms with Gasteiger partial charge in [-0.1, -0.05) is 0 Å². The fraction of sp³-hybridized carbons (Fsp3) is 0.529. The molecule has 0 aromatic heterocycles. The summed E-state index contributed by atoms with van der Waals surface area (Å²) in [5.74, 6) is 0. The van der Waals surface area contributed by atoms with Crippen LogP contribution in [0.5, 0.6) is 0 Å². The van der Waals surface area contributed by atoms with Gasteiger partial charge in [0.1, 0.15) is 0 Å². The van der Waals surface area contributed by atoms with Crippen molar-refractivity contribution in [3.05, 3.63) is 44.8 Å². The molecular formula is C17H22F3O3RhS. The molecule has 0 bridgehead atoms. The predicted octanol–water partition coefficient (Wildman–Crippen LogP) is 5.41. The van der Waals surface area contributed by atoms with Crippen molar-refractivity contribution in [1.82, 2.24) is 0 Å². The molecule has 0 fully saturated rings. The van der Waals surface area contributed by atoms with Crippen LogP contribution in [-0.2, 0) is 29.4 Å². The monoisotopic (exact) mass is 466 g/mol. The third-order valence-electron chi connectivity index (χ3n) is 3.59. The zero-order valence-corrected chi connectivity index (χ0v) is 16.2. The molecule has 25 heavy (non-hydrogen) atoms. The van der Waals surface area contributed by atoms with Gasteiger partial charge in [0.15, 0.2) is 0 Å². The summed E-state index contributed by atoms with van der Waals surface area (Å²) in [7, 11) is -5.60. The van der Waals surface area contributed by atoms with Gasteiger partial charge < -0.3 is 0 Å². The second kappa shape index (κ2) is 9.29. The molecule has 0 N–H and O–H groups in total. The van der Waals surface area contributed by atoms with E-state index in [9.17, 15) is 21.6 Å². The van der Waals surface area contributed by atoms with Gasteiger partial charge in [-0.25, -0.2) is 0 Å². The van der Waals surface area contributed by atoms with E-state index in [1.54, 1.807) is 0 Å². The van der Waals surface area contributed by atoms with Gasteiger partial charge in [-0.3, -0.25) is 0 Å². The Labute approximate surface area is 152 Å². The molecule has 2 rings (SSSR count). The molecule has 0 atom stereocenters. The van der Waals surface area contributed by atoms with Crippen LogP contribution in [-0.4, -0.2) is 13.9 Å². The first kappa shape index (κ1) is 20.6. The quantitative estimate of drug-likeness (QED) is 0.316. The number of hydrogen-bond donors (Lipinski definition) is 0. The Hall–Kier alpha value is -0.717. The molecule has 144 valence electrons. The van der Waals surface area contributed by atoms with Gasteiger partial charge in [-0.05, 0) is 0 Å². The number of allylic oxidation sites excluding steroid dienone is 8. The summed E-state index contributed by atoms with van der Waals surface area (Å²) in [5, 5.41) is 0. The summed E-state index contributed by atoms with van der Waals surface area (Å²) < 4.78 is 68.3. The Balaban J connectivity index is 2.33. The molecule has 0 spiro atoms. The SMILES string of the molecule is O=S(=O)([O][Rh]([C]1=CCCC=CCC1)[C]1=CCCC=CCC1)C(F)(F)F. The zero-order valence-electron chi connectivity index (χ0n) is 13.7. The first-order chi connectivity index (χ1) is 11.8. The van der Waals surface area contributed by atoms with Gasteiger partial charge in [0, 0.05) is 0 Å². The molecule has 3 nitrogen and oxygen atoms in total. The number of hydrogen-bond acceptors (Lipinski definition) is 3. The van der Waals surface area contributed by atoms with Gasteiger partial charge in [-0.15, -0.1) is 0 Å². The molecule has 0 saturated carbocycles. The van der Waals surface area contributed by atoms with Crippen LogP contribution in [0, 0.1) is 0 Å². The second-order valence-electron chi connectivity index (χ2n) is 5.59. The summed E-state index contributed by atoms with van der Waals surface area (Å²) >= 11 is -2.76. The summed E-state index contributed by atoms with van der Waals surface area (Å²) in [6.45, 7) is 0. The van der Waals surface area contributed by atoms with E-state index in [-0.39, 0.29) is 0 Å². The van der Waals surface area contributed by atoms with Crippen LogP contribution in [0.1, 0.15) is 51.4 Å². The molecule has 0 aromatic carbocycles. The molecule has 0 unspecified atom stereocenters. The maximum absolute atomic E-state index is 12.9. The molecule has 0 aromatic rings. The average molecular weight is 466 g/mol. The first-order valence-corrected chi connectivity index (χ1v) is 11.9. The van der Waals surface area contributed by atoms with Crippen LogP contribution >= 0.6 is 0 Å². The fourth-order valence-corrected chi connectivity index (χ4v) is 8.27. The molecule has 8 heteroatoms. The minimum absolute atomic E-state index is 0.546. The van der Waals surface area contributed by atoms with Crippen molar-refractivity contribution >= 4 is 10.1 Å². The van der Waals surface area contributed by atoms with E-state index in [2.05, 4.69) is 0 Å². The molecule has 2 aliphatic carbocycles. The van der Waals surface area contributed by atoms with Gasteiger partial charge in [0.2, 0.25) is 0 Å². The predicted molar refractivity (Wildman–Crippen MR) is 87.4 cm³/mol. The Morgan fingerprint density at radius 3 is 1.68 bits per heavy atom. The van der Waals surface area contributed by atoms with E-state index >= 15 is 0 Å².